The first-order valence-electron chi connectivity index (χ1n) is 8.78. The van der Waals surface area contributed by atoms with Gasteiger partial charge in [0.05, 0.1) is 12.1 Å². The van der Waals surface area contributed by atoms with Crippen LogP contribution in [0.3, 0.4) is 0 Å². The van der Waals surface area contributed by atoms with Gasteiger partial charge in [-0.3, -0.25) is 4.79 Å². The zero-order valence-electron chi connectivity index (χ0n) is 15.0. The molecule has 2 aromatic carbocycles. The molecule has 4 nitrogen and oxygen atoms in total. The van der Waals surface area contributed by atoms with Gasteiger partial charge in [0.25, 0.3) is 5.91 Å². The highest BCUT2D eigenvalue weighted by atomic mass is 35.5. The van der Waals surface area contributed by atoms with Crippen molar-refractivity contribution in [2.75, 3.05) is 0 Å². The summed E-state index contributed by atoms with van der Waals surface area (Å²) in [7, 11) is 0. The highest BCUT2D eigenvalue weighted by molar-refractivity contribution is 6.30. The number of halogens is 3. The number of carbonyl (C=O) groups excluding carboxylic acids is 1. The van der Waals surface area contributed by atoms with Crippen LogP contribution in [0.2, 0.25) is 5.02 Å². The standard InChI is InChI=1S/C21H19ClF2N2O2/c1-13(5-6-20(27)14-3-2-4-16(22)9-14)21(28)26-19(7-8-25-26)15-10-17(23)12-18(24)11-15/h2-4,8-12,19-20,27H,1,5-7H2. The molecule has 0 saturated carbocycles. The molecular weight excluding hydrogens is 386 g/mol. The Morgan fingerprint density at radius 2 is 2.00 bits per heavy atom. The summed E-state index contributed by atoms with van der Waals surface area (Å²) in [6.07, 6.45) is 1.61. The Kier molecular flexibility index (Phi) is 6.21. The van der Waals surface area contributed by atoms with E-state index in [1.807, 2.05) is 0 Å². The molecule has 146 valence electrons. The van der Waals surface area contributed by atoms with Gasteiger partial charge >= 0.3 is 0 Å². The fourth-order valence-electron chi connectivity index (χ4n) is 3.11. The van der Waals surface area contributed by atoms with E-state index in [1.54, 1.807) is 24.3 Å². The first kappa shape index (κ1) is 20.2. The molecule has 0 aliphatic carbocycles. The summed E-state index contributed by atoms with van der Waals surface area (Å²) < 4.78 is 27.1. The molecule has 3 rings (SSSR count). The molecule has 28 heavy (non-hydrogen) atoms. The lowest BCUT2D eigenvalue weighted by Gasteiger charge is -2.23. The molecule has 0 saturated heterocycles. The van der Waals surface area contributed by atoms with E-state index in [2.05, 4.69) is 11.7 Å². The zero-order valence-corrected chi connectivity index (χ0v) is 15.7. The van der Waals surface area contributed by atoms with Crippen molar-refractivity contribution in [3.8, 4) is 0 Å². The second-order valence-electron chi connectivity index (χ2n) is 6.62. The van der Waals surface area contributed by atoms with Crippen LogP contribution < -0.4 is 0 Å². The van der Waals surface area contributed by atoms with Crippen LogP contribution in [0.15, 0.2) is 59.7 Å². The summed E-state index contributed by atoms with van der Waals surface area (Å²) >= 11 is 5.93. The topological polar surface area (TPSA) is 52.9 Å². The first-order chi connectivity index (χ1) is 13.3. The first-order valence-corrected chi connectivity index (χ1v) is 9.16. The van der Waals surface area contributed by atoms with Crippen molar-refractivity contribution >= 4 is 23.7 Å². The van der Waals surface area contributed by atoms with E-state index in [0.717, 1.165) is 6.07 Å². The Balaban J connectivity index is 1.65. The number of aliphatic hydroxyl groups is 1. The van der Waals surface area contributed by atoms with Crippen LogP contribution in [0.1, 0.15) is 42.5 Å². The van der Waals surface area contributed by atoms with E-state index < -0.39 is 29.7 Å². The number of benzene rings is 2. The molecule has 1 aliphatic heterocycles. The summed E-state index contributed by atoms with van der Waals surface area (Å²) in [6, 6.07) is 9.43. The molecule has 1 amide bonds. The molecule has 0 radical (unpaired) electrons. The number of rotatable bonds is 6. The molecular formula is C21H19ClF2N2O2. The SMILES string of the molecule is C=C(CCC(O)c1cccc(Cl)c1)C(=O)N1N=CCC1c1cc(F)cc(F)c1. The van der Waals surface area contributed by atoms with Crippen molar-refractivity contribution in [2.24, 2.45) is 5.10 Å². The number of carbonyl (C=O) groups is 1. The van der Waals surface area contributed by atoms with Gasteiger partial charge in [0.2, 0.25) is 0 Å². The van der Waals surface area contributed by atoms with Gasteiger partial charge in [0.1, 0.15) is 11.6 Å². The smallest absolute Gasteiger partial charge is 0.269 e. The molecule has 2 unspecified atom stereocenters. The van der Waals surface area contributed by atoms with Gasteiger partial charge in [-0.2, -0.15) is 5.10 Å². The Labute approximate surface area is 166 Å². The van der Waals surface area contributed by atoms with E-state index in [-0.39, 0.29) is 18.4 Å². The molecule has 2 aromatic rings. The minimum atomic E-state index is -0.793. The van der Waals surface area contributed by atoms with Gasteiger partial charge in [-0.25, -0.2) is 13.8 Å². The van der Waals surface area contributed by atoms with Crippen LogP contribution in [0.25, 0.3) is 0 Å². The fourth-order valence-corrected chi connectivity index (χ4v) is 3.31. The van der Waals surface area contributed by atoms with Crippen LogP contribution in [-0.4, -0.2) is 22.2 Å². The average Bonchev–Trinajstić information content (AvgIpc) is 3.14. The Morgan fingerprint density at radius 1 is 1.29 bits per heavy atom. The zero-order chi connectivity index (χ0) is 20.3. The predicted octanol–water partition coefficient (Wildman–Crippen LogP) is 4.95. The van der Waals surface area contributed by atoms with Crippen molar-refractivity contribution < 1.29 is 18.7 Å². The van der Waals surface area contributed by atoms with Crippen molar-refractivity contribution in [3.63, 3.8) is 0 Å². The maximum absolute atomic E-state index is 13.5. The predicted molar refractivity (Wildman–Crippen MR) is 104 cm³/mol. The number of hydrogen-bond acceptors (Lipinski definition) is 3. The van der Waals surface area contributed by atoms with Crippen LogP contribution in [-0.2, 0) is 4.79 Å². The fraction of sp³-hybridized carbons (Fsp3) is 0.238. The molecule has 2 atom stereocenters. The second kappa shape index (κ2) is 8.63. The molecule has 1 N–H and O–H groups in total. The molecule has 1 heterocycles. The van der Waals surface area contributed by atoms with Gasteiger partial charge in [0.15, 0.2) is 0 Å². The number of hydrazone groups is 1. The third kappa shape index (κ3) is 4.64. The Morgan fingerprint density at radius 3 is 2.68 bits per heavy atom. The maximum atomic E-state index is 13.5. The maximum Gasteiger partial charge on any atom is 0.269 e. The average molecular weight is 405 g/mol. The highest BCUT2D eigenvalue weighted by Crippen LogP contribution is 2.31. The third-order valence-corrected chi connectivity index (χ3v) is 4.80. The van der Waals surface area contributed by atoms with E-state index in [9.17, 15) is 18.7 Å². The molecule has 0 spiro atoms. The van der Waals surface area contributed by atoms with Crippen molar-refractivity contribution in [2.45, 2.75) is 31.4 Å². The lowest BCUT2D eigenvalue weighted by atomic mass is 10.0. The molecule has 1 aliphatic rings. The van der Waals surface area contributed by atoms with E-state index in [1.165, 1.54) is 23.4 Å². The molecule has 7 heteroatoms. The highest BCUT2D eigenvalue weighted by Gasteiger charge is 2.30. The van der Waals surface area contributed by atoms with Gasteiger partial charge in [0, 0.05) is 29.3 Å². The summed E-state index contributed by atoms with van der Waals surface area (Å²) in [5.41, 5.74) is 1.23. The number of hydrogen-bond donors (Lipinski definition) is 1. The summed E-state index contributed by atoms with van der Waals surface area (Å²) in [5.74, 6) is -1.86. The second-order valence-corrected chi connectivity index (χ2v) is 7.05. The number of amides is 1. The summed E-state index contributed by atoms with van der Waals surface area (Å²) in [6.45, 7) is 3.80. The van der Waals surface area contributed by atoms with Crippen LogP contribution in [0.4, 0.5) is 8.78 Å². The molecule has 0 bridgehead atoms. The Hall–Kier alpha value is -2.57. The molecule has 0 aromatic heterocycles. The largest absolute Gasteiger partial charge is 0.388 e. The number of aliphatic hydroxyl groups excluding tert-OH is 1. The number of nitrogens with zero attached hydrogens (tertiary/aromatic N) is 2. The van der Waals surface area contributed by atoms with Crippen LogP contribution >= 0.6 is 11.6 Å². The van der Waals surface area contributed by atoms with Crippen molar-refractivity contribution in [1.82, 2.24) is 5.01 Å². The van der Waals surface area contributed by atoms with Gasteiger partial charge in [-0.1, -0.05) is 30.3 Å². The van der Waals surface area contributed by atoms with E-state index >= 15 is 0 Å². The minimum Gasteiger partial charge on any atom is -0.388 e. The van der Waals surface area contributed by atoms with Crippen molar-refractivity contribution in [3.05, 3.63) is 82.4 Å². The van der Waals surface area contributed by atoms with E-state index in [0.29, 0.717) is 22.6 Å². The normalized spacial score (nSPS) is 17.0. The summed E-state index contributed by atoms with van der Waals surface area (Å²) in [4.78, 5) is 12.7. The van der Waals surface area contributed by atoms with Crippen molar-refractivity contribution in [1.29, 1.82) is 0 Å². The van der Waals surface area contributed by atoms with Gasteiger partial charge in [-0.15, -0.1) is 0 Å². The lowest BCUT2D eigenvalue weighted by molar-refractivity contribution is -0.129. The van der Waals surface area contributed by atoms with Gasteiger partial charge in [-0.05, 0) is 48.2 Å². The van der Waals surface area contributed by atoms with E-state index in [4.69, 9.17) is 11.6 Å². The van der Waals surface area contributed by atoms with Crippen LogP contribution in [0, 0.1) is 11.6 Å². The quantitative estimate of drug-likeness (QED) is 0.693. The minimum absolute atomic E-state index is 0.239. The summed E-state index contributed by atoms with van der Waals surface area (Å²) in [5, 5.41) is 16.0. The lowest BCUT2D eigenvalue weighted by Crippen LogP contribution is -2.28. The monoisotopic (exact) mass is 404 g/mol. The Bertz CT molecular complexity index is 912. The third-order valence-electron chi connectivity index (χ3n) is 4.56. The van der Waals surface area contributed by atoms with Gasteiger partial charge < -0.3 is 5.11 Å². The van der Waals surface area contributed by atoms with Crippen LogP contribution in [0.5, 0.6) is 0 Å². The molecule has 0 fully saturated rings.